The Morgan fingerprint density at radius 1 is 1.36 bits per heavy atom. The molecule has 2 aliphatic rings. The highest BCUT2D eigenvalue weighted by Crippen LogP contribution is 2.27. The van der Waals surface area contributed by atoms with E-state index in [9.17, 15) is 0 Å². The molecule has 2 saturated heterocycles. The zero-order valence-electron chi connectivity index (χ0n) is 15.4. The van der Waals surface area contributed by atoms with Crippen molar-refractivity contribution >= 4 is 17.3 Å². The van der Waals surface area contributed by atoms with E-state index in [-0.39, 0.29) is 6.10 Å². The minimum atomic E-state index is 0.226. The average Bonchev–Trinajstić information content (AvgIpc) is 3.32. The second kappa shape index (κ2) is 9.52. The second-order valence-corrected chi connectivity index (χ2v) is 7.84. The molecule has 0 radical (unpaired) electrons. The van der Waals surface area contributed by atoms with E-state index in [1.165, 1.54) is 30.8 Å². The van der Waals surface area contributed by atoms with Gasteiger partial charge in [-0.05, 0) is 44.4 Å². The maximum Gasteiger partial charge on any atom is 0.191 e. The number of nitrogens with zero attached hydrogens (tertiary/aromatic N) is 3. The predicted molar refractivity (Wildman–Crippen MR) is 104 cm³/mol. The van der Waals surface area contributed by atoms with Crippen LogP contribution in [0.1, 0.15) is 23.8 Å². The zero-order chi connectivity index (χ0) is 17.5. The normalized spacial score (nSPS) is 24.4. The molecule has 0 aliphatic carbocycles. The molecule has 2 unspecified atom stereocenters. The fourth-order valence-electron chi connectivity index (χ4n) is 3.56. The number of nitrogens with one attached hydrogen (secondary N) is 2. The molecule has 1 aromatic heterocycles. The summed E-state index contributed by atoms with van der Waals surface area (Å²) < 4.78 is 5.82. The molecule has 0 amide bonds. The van der Waals surface area contributed by atoms with Crippen LogP contribution >= 0.6 is 11.3 Å². The summed E-state index contributed by atoms with van der Waals surface area (Å²) in [6.07, 6.45) is 2.84. The number of thiophene rings is 1. The van der Waals surface area contributed by atoms with Crippen molar-refractivity contribution in [3.8, 4) is 0 Å². The molecule has 7 heteroatoms. The maximum atomic E-state index is 5.82. The Hall–Kier alpha value is -1.15. The molecule has 2 aliphatic heterocycles. The van der Waals surface area contributed by atoms with Gasteiger partial charge in [0.25, 0.3) is 0 Å². The Balaban J connectivity index is 1.50. The van der Waals surface area contributed by atoms with Crippen LogP contribution in [0.4, 0.5) is 0 Å². The molecule has 0 aromatic carbocycles. The van der Waals surface area contributed by atoms with Crippen molar-refractivity contribution in [2.45, 2.75) is 25.0 Å². The summed E-state index contributed by atoms with van der Waals surface area (Å²) in [6.45, 7) is 6.85. The van der Waals surface area contributed by atoms with Crippen molar-refractivity contribution in [2.75, 3.05) is 60.0 Å². The van der Waals surface area contributed by atoms with Gasteiger partial charge in [-0.25, -0.2) is 0 Å². The average molecular weight is 366 g/mol. The molecule has 0 bridgehead atoms. The number of aliphatic imine (C=N–C) groups is 1. The molecule has 1 aromatic rings. The van der Waals surface area contributed by atoms with Crippen LogP contribution in [0.5, 0.6) is 0 Å². The number of rotatable bonds is 6. The van der Waals surface area contributed by atoms with Crippen LogP contribution < -0.4 is 10.6 Å². The van der Waals surface area contributed by atoms with Crippen molar-refractivity contribution in [1.29, 1.82) is 0 Å². The van der Waals surface area contributed by atoms with Crippen LogP contribution in [-0.2, 0) is 4.74 Å². The highest BCUT2D eigenvalue weighted by Gasteiger charge is 2.24. The molecule has 25 heavy (non-hydrogen) atoms. The molecule has 2 N–H and O–H groups in total. The molecular weight excluding hydrogens is 334 g/mol. The van der Waals surface area contributed by atoms with Crippen molar-refractivity contribution in [1.82, 2.24) is 20.4 Å². The van der Waals surface area contributed by atoms with Crippen LogP contribution in [0.15, 0.2) is 22.5 Å². The Morgan fingerprint density at radius 3 is 2.88 bits per heavy atom. The highest BCUT2D eigenvalue weighted by atomic mass is 32.1. The minimum absolute atomic E-state index is 0.226. The van der Waals surface area contributed by atoms with Gasteiger partial charge in [-0.3, -0.25) is 9.89 Å². The third-order valence-electron chi connectivity index (χ3n) is 4.98. The summed E-state index contributed by atoms with van der Waals surface area (Å²) in [4.78, 5) is 10.7. The Morgan fingerprint density at radius 2 is 2.20 bits per heavy atom. The van der Waals surface area contributed by atoms with E-state index in [0.29, 0.717) is 6.04 Å². The van der Waals surface area contributed by atoms with Gasteiger partial charge in [-0.15, -0.1) is 11.3 Å². The van der Waals surface area contributed by atoms with Crippen molar-refractivity contribution in [3.63, 3.8) is 0 Å². The lowest BCUT2D eigenvalue weighted by atomic mass is 10.2. The van der Waals surface area contributed by atoms with Gasteiger partial charge in [0.05, 0.1) is 18.8 Å². The molecule has 2 atom stereocenters. The van der Waals surface area contributed by atoms with Crippen LogP contribution in [0.2, 0.25) is 0 Å². The third kappa shape index (κ3) is 5.41. The highest BCUT2D eigenvalue weighted by molar-refractivity contribution is 7.10. The number of guanidine groups is 1. The van der Waals surface area contributed by atoms with Crippen molar-refractivity contribution in [2.24, 2.45) is 4.99 Å². The largest absolute Gasteiger partial charge is 0.374 e. The number of hydrogen-bond donors (Lipinski definition) is 2. The molecular formula is C18H31N5OS. The van der Waals surface area contributed by atoms with Gasteiger partial charge in [0.15, 0.2) is 5.96 Å². The first-order chi connectivity index (χ1) is 12.3. The lowest BCUT2D eigenvalue weighted by Crippen LogP contribution is -2.49. The monoisotopic (exact) mass is 365 g/mol. The minimum Gasteiger partial charge on any atom is -0.374 e. The molecule has 3 heterocycles. The Bertz CT molecular complexity index is 530. The molecule has 0 saturated carbocycles. The number of likely N-dealkylation sites (tertiary alicyclic amines) is 1. The lowest BCUT2D eigenvalue weighted by Gasteiger charge is -2.31. The Kier molecular flexibility index (Phi) is 7.10. The Labute approximate surface area is 155 Å². The van der Waals surface area contributed by atoms with Crippen LogP contribution in [0.3, 0.4) is 0 Å². The summed E-state index contributed by atoms with van der Waals surface area (Å²) in [6, 6.07) is 4.82. The summed E-state index contributed by atoms with van der Waals surface area (Å²) in [5, 5.41) is 9.11. The molecule has 2 fully saturated rings. The maximum absolute atomic E-state index is 5.82. The second-order valence-electron chi connectivity index (χ2n) is 6.86. The van der Waals surface area contributed by atoms with E-state index < -0.39 is 0 Å². The van der Waals surface area contributed by atoms with Gasteiger partial charge >= 0.3 is 0 Å². The van der Waals surface area contributed by atoms with Crippen molar-refractivity contribution in [3.05, 3.63) is 22.4 Å². The van der Waals surface area contributed by atoms with Gasteiger partial charge in [0.2, 0.25) is 0 Å². The summed E-state index contributed by atoms with van der Waals surface area (Å²) in [5.74, 6) is 0.859. The topological polar surface area (TPSA) is 52.1 Å². The van der Waals surface area contributed by atoms with Crippen LogP contribution in [0, 0.1) is 0 Å². The van der Waals surface area contributed by atoms with Gasteiger partial charge in [-0.2, -0.15) is 0 Å². The first kappa shape index (κ1) is 18.6. The number of ether oxygens (including phenoxy) is 1. The SMILES string of the molecule is CN=C(NCC1CN(C)CCO1)NCC(c1cccs1)N1CCCC1. The smallest absolute Gasteiger partial charge is 0.191 e. The zero-order valence-corrected chi connectivity index (χ0v) is 16.2. The van der Waals surface area contributed by atoms with Gasteiger partial charge in [0, 0.05) is 38.1 Å². The third-order valence-corrected chi connectivity index (χ3v) is 5.95. The first-order valence-electron chi connectivity index (χ1n) is 9.28. The number of likely N-dealkylation sites (N-methyl/N-ethyl adjacent to an activating group) is 1. The van der Waals surface area contributed by atoms with Crippen LogP contribution in [-0.4, -0.2) is 81.8 Å². The summed E-state index contributed by atoms with van der Waals surface area (Å²) in [5.41, 5.74) is 0. The predicted octanol–water partition coefficient (Wildman–Crippen LogP) is 1.38. The lowest BCUT2D eigenvalue weighted by molar-refractivity contribution is -0.0161. The van der Waals surface area contributed by atoms with Crippen molar-refractivity contribution < 1.29 is 4.74 Å². The van der Waals surface area contributed by atoms with Gasteiger partial charge in [-0.1, -0.05) is 6.07 Å². The standard InChI is InChI=1S/C18H31N5OS/c1-19-18(20-12-15-14-22(2)9-10-24-15)21-13-16(17-6-5-11-25-17)23-7-3-4-8-23/h5-6,11,15-16H,3-4,7-10,12-14H2,1-2H3,(H2,19,20,21). The fraction of sp³-hybridized carbons (Fsp3) is 0.722. The molecule has 140 valence electrons. The van der Waals surface area contributed by atoms with E-state index in [1.807, 2.05) is 18.4 Å². The van der Waals surface area contributed by atoms with Gasteiger partial charge < -0.3 is 20.3 Å². The van der Waals surface area contributed by atoms with E-state index >= 15 is 0 Å². The number of morpholine rings is 1. The van der Waals surface area contributed by atoms with E-state index in [0.717, 1.165) is 38.7 Å². The molecule has 6 nitrogen and oxygen atoms in total. The summed E-state index contributed by atoms with van der Waals surface area (Å²) >= 11 is 1.85. The molecule has 0 spiro atoms. The first-order valence-corrected chi connectivity index (χ1v) is 10.2. The van der Waals surface area contributed by atoms with E-state index in [2.05, 4.69) is 50.0 Å². The quantitative estimate of drug-likeness (QED) is 0.589. The summed E-state index contributed by atoms with van der Waals surface area (Å²) in [7, 11) is 3.98. The van der Waals surface area contributed by atoms with E-state index in [4.69, 9.17) is 4.74 Å². The van der Waals surface area contributed by atoms with Gasteiger partial charge in [0.1, 0.15) is 0 Å². The fourth-order valence-corrected chi connectivity index (χ4v) is 4.42. The van der Waals surface area contributed by atoms with E-state index in [1.54, 1.807) is 0 Å². The molecule has 3 rings (SSSR count). The van der Waals surface area contributed by atoms with Crippen LogP contribution in [0.25, 0.3) is 0 Å². The number of hydrogen-bond acceptors (Lipinski definition) is 5.